The van der Waals surface area contributed by atoms with E-state index in [2.05, 4.69) is 20.7 Å². The van der Waals surface area contributed by atoms with Crippen LogP contribution in [0.25, 0.3) is 0 Å². The van der Waals surface area contributed by atoms with Crippen LogP contribution in [0, 0.1) is 0 Å². The molecule has 0 fully saturated rings. The van der Waals surface area contributed by atoms with Crippen molar-refractivity contribution in [3.8, 4) is 5.75 Å². The standard InChI is InChI=1S/C10H9BrF3NO3.ClH/c1-18-9(17)7(15)5-2-4(11)3-6(8(5)16)10(12,13)14;/h2-3,7,16H,15H2,1H3;1H/t7-;/m0./s1. The fourth-order valence-electron chi connectivity index (χ4n) is 1.33. The third kappa shape index (κ3) is 3.99. The number of phenolic OH excluding ortho intramolecular Hbond substituents is 1. The molecule has 108 valence electrons. The van der Waals surface area contributed by atoms with E-state index in [4.69, 9.17) is 5.73 Å². The highest BCUT2D eigenvalue weighted by molar-refractivity contribution is 9.10. The number of alkyl halides is 3. The largest absolute Gasteiger partial charge is 0.507 e. The van der Waals surface area contributed by atoms with E-state index < -0.39 is 29.5 Å². The van der Waals surface area contributed by atoms with Crippen LogP contribution in [0.1, 0.15) is 17.2 Å². The Labute approximate surface area is 121 Å². The number of aromatic hydroxyl groups is 1. The minimum absolute atomic E-state index is 0. The van der Waals surface area contributed by atoms with E-state index in [1.54, 1.807) is 0 Å². The molecule has 0 saturated heterocycles. The molecule has 0 aromatic heterocycles. The molecule has 1 aromatic carbocycles. The molecule has 1 rings (SSSR count). The smallest absolute Gasteiger partial charge is 0.420 e. The van der Waals surface area contributed by atoms with Crippen molar-refractivity contribution >= 4 is 34.3 Å². The predicted octanol–water partition coefficient (Wildman–Crippen LogP) is 2.77. The summed E-state index contributed by atoms with van der Waals surface area (Å²) in [6.45, 7) is 0. The van der Waals surface area contributed by atoms with Gasteiger partial charge in [-0.1, -0.05) is 15.9 Å². The lowest BCUT2D eigenvalue weighted by molar-refractivity contribution is -0.143. The molecule has 0 saturated carbocycles. The van der Waals surface area contributed by atoms with E-state index >= 15 is 0 Å². The molecule has 1 aromatic rings. The van der Waals surface area contributed by atoms with Crippen LogP contribution in [0.3, 0.4) is 0 Å². The van der Waals surface area contributed by atoms with Crippen molar-refractivity contribution in [2.45, 2.75) is 12.2 Å². The Morgan fingerprint density at radius 3 is 2.42 bits per heavy atom. The summed E-state index contributed by atoms with van der Waals surface area (Å²) >= 11 is 2.86. The zero-order valence-corrected chi connectivity index (χ0v) is 11.9. The highest BCUT2D eigenvalue weighted by atomic mass is 79.9. The number of carbonyl (C=O) groups excluding carboxylic acids is 1. The van der Waals surface area contributed by atoms with E-state index in [0.717, 1.165) is 13.2 Å². The second-order valence-corrected chi connectivity index (χ2v) is 4.31. The number of carbonyl (C=O) groups is 1. The van der Waals surface area contributed by atoms with Gasteiger partial charge in [0.15, 0.2) is 0 Å². The molecule has 0 amide bonds. The van der Waals surface area contributed by atoms with Gasteiger partial charge in [-0.15, -0.1) is 12.4 Å². The minimum atomic E-state index is -4.75. The molecule has 9 heteroatoms. The van der Waals surface area contributed by atoms with Crippen LogP contribution in [-0.4, -0.2) is 18.2 Å². The fourth-order valence-corrected chi connectivity index (χ4v) is 1.80. The quantitative estimate of drug-likeness (QED) is 0.792. The zero-order chi connectivity index (χ0) is 14.1. The summed E-state index contributed by atoms with van der Waals surface area (Å²) in [5.74, 6) is -2.03. The van der Waals surface area contributed by atoms with Crippen molar-refractivity contribution in [3.05, 3.63) is 27.7 Å². The van der Waals surface area contributed by atoms with E-state index in [9.17, 15) is 23.1 Å². The van der Waals surface area contributed by atoms with Gasteiger partial charge in [0.1, 0.15) is 11.8 Å². The first-order chi connectivity index (χ1) is 8.18. The highest BCUT2D eigenvalue weighted by Crippen LogP contribution is 2.41. The van der Waals surface area contributed by atoms with Crippen molar-refractivity contribution in [1.82, 2.24) is 0 Å². The normalized spacial score (nSPS) is 12.5. The maximum absolute atomic E-state index is 12.6. The van der Waals surface area contributed by atoms with Crippen LogP contribution in [-0.2, 0) is 15.7 Å². The Morgan fingerprint density at radius 1 is 1.47 bits per heavy atom. The molecule has 19 heavy (non-hydrogen) atoms. The van der Waals surface area contributed by atoms with Crippen LogP contribution >= 0.6 is 28.3 Å². The van der Waals surface area contributed by atoms with Gasteiger partial charge in [-0.2, -0.15) is 13.2 Å². The van der Waals surface area contributed by atoms with Gasteiger partial charge in [0.05, 0.1) is 12.7 Å². The topological polar surface area (TPSA) is 72.5 Å². The van der Waals surface area contributed by atoms with Crippen LogP contribution < -0.4 is 5.73 Å². The lowest BCUT2D eigenvalue weighted by Crippen LogP contribution is -2.23. The van der Waals surface area contributed by atoms with Gasteiger partial charge >= 0.3 is 12.1 Å². The number of esters is 1. The SMILES string of the molecule is COC(=O)[C@@H](N)c1cc(Br)cc(C(F)(F)F)c1O.Cl. The van der Waals surface area contributed by atoms with E-state index in [1.807, 2.05) is 0 Å². The molecular weight excluding hydrogens is 354 g/mol. The van der Waals surface area contributed by atoms with Gasteiger partial charge in [0.2, 0.25) is 0 Å². The maximum atomic E-state index is 12.6. The van der Waals surface area contributed by atoms with Gasteiger partial charge in [-0.3, -0.25) is 4.79 Å². The van der Waals surface area contributed by atoms with Crippen molar-refractivity contribution in [3.63, 3.8) is 0 Å². The molecule has 1 atom stereocenters. The number of methoxy groups -OCH3 is 1. The lowest BCUT2D eigenvalue weighted by Gasteiger charge is -2.16. The van der Waals surface area contributed by atoms with Gasteiger partial charge < -0.3 is 15.6 Å². The Kier molecular flexibility index (Phi) is 6.11. The summed E-state index contributed by atoms with van der Waals surface area (Å²) in [4.78, 5) is 11.2. The molecule has 3 N–H and O–H groups in total. The van der Waals surface area contributed by atoms with E-state index in [1.165, 1.54) is 0 Å². The molecule has 0 bridgehead atoms. The highest BCUT2D eigenvalue weighted by Gasteiger charge is 2.36. The van der Waals surface area contributed by atoms with Crippen molar-refractivity contribution < 1.29 is 27.8 Å². The maximum Gasteiger partial charge on any atom is 0.420 e. The van der Waals surface area contributed by atoms with Gasteiger partial charge in [-0.05, 0) is 12.1 Å². The summed E-state index contributed by atoms with van der Waals surface area (Å²) in [6.07, 6.45) is -4.75. The number of hydrogen-bond donors (Lipinski definition) is 2. The number of nitrogens with two attached hydrogens (primary N) is 1. The molecule has 0 aliphatic carbocycles. The Balaban J connectivity index is 0.00000324. The van der Waals surface area contributed by atoms with Crippen LogP contribution in [0.4, 0.5) is 13.2 Å². The molecule has 0 aliphatic rings. The second kappa shape index (κ2) is 6.44. The zero-order valence-electron chi connectivity index (χ0n) is 9.49. The van der Waals surface area contributed by atoms with E-state index in [0.29, 0.717) is 6.07 Å². The number of phenols is 1. The van der Waals surface area contributed by atoms with Gasteiger partial charge in [-0.25, -0.2) is 0 Å². The van der Waals surface area contributed by atoms with Gasteiger partial charge in [0, 0.05) is 10.0 Å². The number of rotatable bonds is 2. The Morgan fingerprint density at radius 2 is 2.00 bits per heavy atom. The molecule has 0 unspecified atom stereocenters. The molecule has 0 heterocycles. The molecule has 4 nitrogen and oxygen atoms in total. The van der Waals surface area contributed by atoms with E-state index in [-0.39, 0.29) is 22.4 Å². The first-order valence-corrected chi connectivity index (χ1v) is 5.40. The number of benzene rings is 1. The third-order valence-electron chi connectivity index (χ3n) is 2.20. The summed E-state index contributed by atoms with van der Waals surface area (Å²) in [6, 6.07) is 0.336. The van der Waals surface area contributed by atoms with Crippen LogP contribution in [0.2, 0.25) is 0 Å². The molecule has 0 aliphatic heterocycles. The van der Waals surface area contributed by atoms with Crippen molar-refractivity contribution in [2.24, 2.45) is 5.73 Å². The molecule has 0 radical (unpaired) electrons. The van der Waals surface area contributed by atoms with Crippen LogP contribution in [0.15, 0.2) is 16.6 Å². The number of hydrogen-bond acceptors (Lipinski definition) is 4. The van der Waals surface area contributed by atoms with Gasteiger partial charge in [0.25, 0.3) is 0 Å². The number of ether oxygens (including phenoxy) is 1. The molecular formula is C10H10BrClF3NO3. The van der Waals surface area contributed by atoms with Crippen molar-refractivity contribution in [1.29, 1.82) is 0 Å². The first kappa shape index (κ1) is 18.0. The minimum Gasteiger partial charge on any atom is -0.507 e. The molecule has 0 spiro atoms. The monoisotopic (exact) mass is 363 g/mol. The first-order valence-electron chi connectivity index (χ1n) is 4.61. The average Bonchev–Trinajstić information content (AvgIpc) is 2.28. The third-order valence-corrected chi connectivity index (χ3v) is 2.66. The second-order valence-electron chi connectivity index (χ2n) is 3.39. The summed E-state index contributed by atoms with van der Waals surface area (Å²) < 4.78 is 42.2. The summed E-state index contributed by atoms with van der Waals surface area (Å²) in [5, 5.41) is 9.54. The Hall–Kier alpha value is -0.990. The summed E-state index contributed by atoms with van der Waals surface area (Å²) in [7, 11) is 1.04. The summed E-state index contributed by atoms with van der Waals surface area (Å²) in [5.41, 5.74) is 3.78. The fraction of sp³-hybridized carbons (Fsp3) is 0.300. The Bertz CT molecular complexity index is 482. The predicted molar refractivity (Wildman–Crippen MR) is 67.0 cm³/mol. The average molecular weight is 365 g/mol. The van der Waals surface area contributed by atoms with Crippen molar-refractivity contribution in [2.75, 3.05) is 7.11 Å². The lowest BCUT2D eigenvalue weighted by atomic mass is 10.0. The number of halogens is 5. The van der Waals surface area contributed by atoms with Crippen LogP contribution in [0.5, 0.6) is 5.75 Å².